The highest BCUT2D eigenvalue weighted by molar-refractivity contribution is 5.00. The summed E-state index contributed by atoms with van der Waals surface area (Å²) in [5.74, 6) is 0. The highest BCUT2D eigenvalue weighted by Gasteiger charge is 1.81. The van der Waals surface area contributed by atoms with Crippen LogP contribution in [0.4, 0.5) is 0 Å². The van der Waals surface area contributed by atoms with Crippen LogP contribution in [0.15, 0.2) is 60.8 Å². The summed E-state index contributed by atoms with van der Waals surface area (Å²) in [6.07, 6.45) is 34.0. The molecule has 2 N–H and O–H groups in total. The van der Waals surface area contributed by atoms with Gasteiger partial charge in [0.05, 0.1) is 0 Å². The predicted molar refractivity (Wildman–Crippen MR) is 107 cm³/mol. The molecule has 1 nitrogen and oxygen atoms in total. The molecule has 0 aliphatic heterocycles. The highest BCUT2D eigenvalue weighted by Crippen LogP contribution is 1.99. The van der Waals surface area contributed by atoms with Crippen molar-refractivity contribution in [3.8, 4) is 0 Å². The van der Waals surface area contributed by atoms with Crippen LogP contribution in [0.2, 0.25) is 0 Å². The van der Waals surface area contributed by atoms with Gasteiger partial charge in [-0.2, -0.15) is 0 Å². The first-order valence-electron chi connectivity index (χ1n) is 9.36. The molecule has 0 unspecified atom stereocenters. The molecule has 0 saturated carbocycles. The van der Waals surface area contributed by atoms with E-state index in [1.807, 2.05) is 0 Å². The summed E-state index contributed by atoms with van der Waals surface area (Å²) in [6, 6.07) is 0. The third kappa shape index (κ3) is 20.7. The van der Waals surface area contributed by atoms with E-state index >= 15 is 0 Å². The monoisotopic (exact) mass is 315 g/mol. The van der Waals surface area contributed by atoms with Gasteiger partial charge < -0.3 is 5.73 Å². The Morgan fingerprint density at radius 2 is 0.913 bits per heavy atom. The van der Waals surface area contributed by atoms with E-state index in [0.717, 1.165) is 45.1 Å². The maximum absolute atomic E-state index is 5.46. The van der Waals surface area contributed by atoms with E-state index in [0.29, 0.717) is 0 Å². The summed E-state index contributed by atoms with van der Waals surface area (Å²) in [5, 5.41) is 0. The van der Waals surface area contributed by atoms with Gasteiger partial charge in [-0.3, -0.25) is 0 Å². The molecule has 0 heterocycles. The van der Waals surface area contributed by atoms with E-state index in [9.17, 15) is 0 Å². The molecule has 0 amide bonds. The Kier molecular flexibility index (Phi) is 19.5. The molecule has 0 aromatic rings. The van der Waals surface area contributed by atoms with Crippen LogP contribution in [0, 0.1) is 0 Å². The molecule has 1 heteroatoms. The van der Waals surface area contributed by atoms with Crippen LogP contribution in [0.3, 0.4) is 0 Å². The highest BCUT2D eigenvalue weighted by atomic mass is 14.5. The van der Waals surface area contributed by atoms with Crippen molar-refractivity contribution in [2.45, 2.75) is 71.1 Å². The number of hydrogen-bond acceptors (Lipinski definition) is 1. The Morgan fingerprint density at radius 3 is 1.30 bits per heavy atom. The lowest BCUT2D eigenvalue weighted by atomic mass is 10.2. The Bertz CT molecular complexity index is 358. The molecule has 0 aromatic carbocycles. The number of rotatable bonds is 15. The smallest absolute Gasteiger partial charge is 0.00772 e. The molecule has 0 saturated heterocycles. The van der Waals surface area contributed by atoms with Crippen LogP contribution in [0.1, 0.15) is 71.1 Å². The Hall–Kier alpha value is -1.34. The van der Waals surface area contributed by atoms with E-state index < -0.39 is 0 Å². The zero-order valence-electron chi connectivity index (χ0n) is 15.1. The minimum absolute atomic E-state index is 0.810. The first-order valence-corrected chi connectivity index (χ1v) is 9.36. The topological polar surface area (TPSA) is 26.0 Å². The van der Waals surface area contributed by atoms with Crippen LogP contribution in [0.25, 0.3) is 0 Å². The summed E-state index contributed by atoms with van der Waals surface area (Å²) in [4.78, 5) is 0. The van der Waals surface area contributed by atoms with Crippen molar-refractivity contribution in [3.63, 3.8) is 0 Å². The second-order valence-corrected chi connectivity index (χ2v) is 5.73. The van der Waals surface area contributed by atoms with Gasteiger partial charge in [0.15, 0.2) is 0 Å². The van der Waals surface area contributed by atoms with E-state index in [-0.39, 0.29) is 0 Å². The lowest BCUT2D eigenvalue weighted by molar-refractivity contribution is 0.757. The first kappa shape index (κ1) is 21.7. The summed E-state index contributed by atoms with van der Waals surface area (Å²) in [7, 11) is 0. The maximum Gasteiger partial charge on any atom is -0.00772 e. The zero-order valence-corrected chi connectivity index (χ0v) is 15.1. The predicted octanol–water partition coefficient (Wildman–Crippen LogP) is 6.65. The number of unbranched alkanes of at least 4 members (excludes halogenated alkanes) is 4. The minimum Gasteiger partial charge on any atom is -0.330 e. The average Bonchev–Trinajstić information content (AvgIpc) is 2.57. The lowest BCUT2D eigenvalue weighted by Crippen LogP contribution is -1.96. The van der Waals surface area contributed by atoms with Crippen molar-refractivity contribution in [2.75, 3.05) is 6.54 Å². The fourth-order valence-corrected chi connectivity index (χ4v) is 2.05. The van der Waals surface area contributed by atoms with Gasteiger partial charge in [0.2, 0.25) is 0 Å². The second kappa shape index (κ2) is 20.7. The van der Waals surface area contributed by atoms with E-state index in [1.165, 1.54) is 25.7 Å². The third-order valence-corrected chi connectivity index (χ3v) is 3.47. The molecule has 0 aromatic heterocycles. The molecule has 0 rings (SSSR count). The first-order chi connectivity index (χ1) is 11.4. The van der Waals surface area contributed by atoms with Gasteiger partial charge in [-0.1, -0.05) is 80.5 Å². The quantitative estimate of drug-likeness (QED) is 0.266. The fraction of sp³-hybridized carbons (Fsp3) is 0.545. The number of hydrogen-bond donors (Lipinski definition) is 1. The maximum atomic E-state index is 5.46. The Balaban J connectivity index is 3.42. The molecule has 0 radical (unpaired) electrons. The van der Waals surface area contributed by atoms with Gasteiger partial charge in [-0.05, 0) is 57.9 Å². The molecular weight excluding hydrogens is 278 g/mol. The summed E-state index contributed by atoms with van der Waals surface area (Å²) >= 11 is 0. The van der Waals surface area contributed by atoms with Crippen molar-refractivity contribution in [1.82, 2.24) is 0 Å². The van der Waals surface area contributed by atoms with Crippen LogP contribution in [0.5, 0.6) is 0 Å². The van der Waals surface area contributed by atoms with E-state index in [4.69, 9.17) is 5.73 Å². The van der Waals surface area contributed by atoms with Crippen LogP contribution in [-0.4, -0.2) is 6.54 Å². The molecular formula is C22H37N. The molecule has 0 spiro atoms. The standard InChI is InChI=1S/C22H37N/c1-2-3-4-5-6-7-8-9-10-11-12-13-14-15-16-17-18-19-20-21-22-23/h5-6,8-9,11-12,14-15,17-18H,2-4,7,10,13,16,19-23H2,1H3/b6-5+,9-8+,12-11+,15-14+,18-17+. The van der Waals surface area contributed by atoms with Crippen molar-refractivity contribution in [1.29, 1.82) is 0 Å². The minimum atomic E-state index is 0.810. The molecule has 130 valence electrons. The summed E-state index contributed by atoms with van der Waals surface area (Å²) < 4.78 is 0. The average molecular weight is 316 g/mol. The molecule has 0 aliphatic rings. The zero-order chi connectivity index (χ0) is 16.8. The van der Waals surface area contributed by atoms with Gasteiger partial charge in [0.1, 0.15) is 0 Å². The van der Waals surface area contributed by atoms with E-state index in [1.54, 1.807) is 0 Å². The van der Waals surface area contributed by atoms with Crippen LogP contribution >= 0.6 is 0 Å². The number of nitrogens with two attached hydrogens (primary N) is 1. The Morgan fingerprint density at radius 1 is 0.522 bits per heavy atom. The molecule has 0 bridgehead atoms. The van der Waals surface area contributed by atoms with Gasteiger partial charge >= 0.3 is 0 Å². The fourth-order valence-electron chi connectivity index (χ4n) is 2.05. The Labute approximate surface area is 144 Å². The van der Waals surface area contributed by atoms with Gasteiger partial charge in [0, 0.05) is 0 Å². The lowest BCUT2D eigenvalue weighted by Gasteiger charge is -1.90. The number of allylic oxidation sites excluding steroid dienone is 10. The van der Waals surface area contributed by atoms with Gasteiger partial charge in [-0.15, -0.1) is 0 Å². The van der Waals surface area contributed by atoms with Crippen LogP contribution in [-0.2, 0) is 0 Å². The SMILES string of the molecule is CCCC/C=C/C/C=C/C/C=C/C/C=C/C/C=C/CCCCN. The van der Waals surface area contributed by atoms with E-state index in [2.05, 4.69) is 67.7 Å². The molecule has 0 atom stereocenters. The van der Waals surface area contributed by atoms with Crippen molar-refractivity contribution >= 4 is 0 Å². The summed E-state index contributed by atoms with van der Waals surface area (Å²) in [5.41, 5.74) is 5.46. The molecule has 0 aliphatic carbocycles. The van der Waals surface area contributed by atoms with Crippen molar-refractivity contribution < 1.29 is 0 Å². The van der Waals surface area contributed by atoms with Crippen molar-refractivity contribution in [3.05, 3.63) is 60.8 Å². The van der Waals surface area contributed by atoms with Gasteiger partial charge in [0.25, 0.3) is 0 Å². The second-order valence-electron chi connectivity index (χ2n) is 5.73. The summed E-state index contributed by atoms with van der Waals surface area (Å²) in [6.45, 7) is 3.04. The normalized spacial score (nSPS) is 13.0. The molecule has 0 fully saturated rings. The van der Waals surface area contributed by atoms with Crippen molar-refractivity contribution in [2.24, 2.45) is 5.73 Å². The molecule has 23 heavy (non-hydrogen) atoms. The van der Waals surface area contributed by atoms with Crippen LogP contribution < -0.4 is 5.73 Å². The van der Waals surface area contributed by atoms with Gasteiger partial charge in [-0.25, -0.2) is 0 Å². The largest absolute Gasteiger partial charge is 0.330 e. The third-order valence-electron chi connectivity index (χ3n) is 3.47.